The summed E-state index contributed by atoms with van der Waals surface area (Å²) < 4.78 is 4.83. The van der Waals surface area contributed by atoms with Crippen LogP contribution in [-0.4, -0.2) is 48.4 Å². The van der Waals surface area contributed by atoms with Crippen LogP contribution in [0.25, 0.3) is 11.0 Å². The predicted octanol–water partition coefficient (Wildman–Crippen LogP) is 1.34. The lowest BCUT2D eigenvalue weighted by atomic mass is 10.0. The summed E-state index contributed by atoms with van der Waals surface area (Å²) in [6, 6.07) is 4.46. The fourth-order valence-corrected chi connectivity index (χ4v) is 2.72. The molecule has 0 radical (unpaired) electrons. The molecule has 1 aliphatic heterocycles. The lowest BCUT2D eigenvalue weighted by Crippen LogP contribution is -2.45. The molecule has 2 N–H and O–H groups in total. The minimum Gasteiger partial charge on any atom is -0.397 e. The van der Waals surface area contributed by atoms with E-state index in [1.165, 1.54) is 12.8 Å². The SMILES string of the molecule is CN(C)C1CCCN(c2ccc(N)c3nonc23)C1. The number of nitrogen functional groups attached to an aromatic ring is 1. The third-order valence-corrected chi connectivity index (χ3v) is 3.89. The average molecular weight is 261 g/mol. The summed E-state index contributed by atoms with van der Waals surface area (Å²) in [5.41, 5.74) is 8.98. The number of hydrogen-bond acceptors (Lipinski definition) is 6. The highest BCUT2D eigenvalue weighted by Gasteiger charge is 2.24. The second kappa shape index (κ2) is 4.70. The van der Waals surface area contributed by atoms with Gasteiger partial charge in [0.05, 0.1) is 11.4 Å². The lowest BCUT2D eigenvalue weighted by molar-refractivity contribution is 0.258. The number of anilines is 2. The van der Waals surface area contributed by atoms with E-state index in [2.05, 4.69) is 34.2 Å². The van der Waals surface area contributed by atoms with Gasteiger partial charge in [-0.15, -0.1) is 0 Å². The summed E-state index contributed by atoms with van der Waals surface area (Å²) >= 11 is 0. The maximum Gasteiger partial charge on any atom is 0.160 e. The number of fused-ring (bicyclic) bond motifs is 1. The maximum atomic E-state index is 5.89. The summed E-state index contributed by atoms with van der Waals surface area (Å²) in [6.07, 6.45) is 2.42. The van der Waals surface area contributed by atoms with Crippen molar-refractivity contribution in [3.63, 3.8) is 0 Å². The molecular weight excluding hydrogens is 242 g/mol. The molecule has 6 heteroatoms. The van der Waals surface area contributed by atoms with Gasteiger partial charge in [0.2, 0.25) is 0 Å². The highest BCUT2D eigenvalue weighted by molar-refractivity contribution is 5.95. The van der Waals surface area contributed by atoms with Crippen LogP contribution in [0.5, 0.6) is 0 Å². The molecule has 2 aromatic rings. The first-order chi connectivity index (χ1) is 9.16. The molecule has 3 rings (SSSR count). The Labute approximate surface area is 112 Å². The smallest absolute Gasteiger partial charge is 0.160 e. The van der Waals surface area contributed by atoms with Crippen molar-refractivity contribution in [1.82, 2.24) is 15.2 Å². The number of nitrogens with zero attached hydrogens (tertiary/aromatic N) is 4. The molecule has 0 amide bonds. The van der Waals surface area contributed by atoms with Crippen LogP contribution in [0.3, 0.4) is 0 Å². The van der Waals surface area contributed by atoms with Gasteiger partial charge in [0.1, 0.15) is 0 Å². The molecule has 0 aliphatic carbocycles. The lowest BCUT2D eigenvalue weighted by Gasteiger charge is -2.37. The van der Waals surface area contributed by atoms with Crippen molar-refractivity contribution in [3.8, 4) is 0 Å². The van der Waals surface area contributed by atoms with Gasteiger partial charge in [-0.05, 0) is 49.4 Å². The molecule has 1 saturated heterocycles. The Morgan fingerprint density at radius 1 is 1.32 bits per heavy atom. The molecule has 0 saturated carbocycles. The topological polar surface area (TPSA) is 71.4 Å². The Morgan fingerprint density at radius 2 is 2.11 bits per heavy atom. The zero-order valence-corrected chi connectivity index (χ0v) is 11.3. The van der Waals surface area contributed by atoms with E-state index in [1.54, 1.807) is 0 Å². The number of rotatable bonds is 2. The molecule has 1 atom stereocenters. The minimum atomic E-state index is 0.571. The summed E-state index contributed by atoms with van der Waals surface area (Å²) in [7, 11) is 4.26. The zero-order chi connectivity index (χ0) is 13.4. The minimum absolute atomic E-state index is 0.571. The van der Waals surface area contributed by atoms with E-state index in [1.807, 2.05) is 12.1 Å². The number of likely N-dealkylation sites (N-methyl/N-ethyl adjacent to an activating group) is 1. The molecule has 1 aromatic carbocycles. The first kappa shape index (κ1) is 12.2. The summed E-state index contributed by atoms with van der Waals surface area (Å²) in [5, 5.41) is 7.88. The Hall–Kier alpha value is -1.82. The van der Waals surface area contributed by atoms with E-state index in [0.717, 1.165) is 24.3 Å². The van der Waals surface area contributed by atoms with Gasteiger partial charge in [0.15, 0.2) is 11.0 Å². The van der Waals surface area contributed by atoms with Gasteiger partial charge < -0.3 is 15.5 Å². The van der Waals surface area contributed by atoms with Crippen molar-refractivity contribution in [1.29, 1.82) is 0 Å². The standard InChI is InChI=1S/C13H19N5O/c1-17(2)9-4-3-7-18(8-9)11-6-5-10(14)12-13(11)16-19-15-12/h5-6,9H,3-4,7-8,14H2,1-2H3. The summed E-state index contributed by atoms with van der Waals surface area (Å²) in [6.45, 7) is 2.04. The van der Waals surface area contributed by atoms with Gasteiger partial charge in [-0.3, -0.25) is 0 Å². The molecule has 0 spiro atoms. The van der Waals surface area contributed by atoms with Gasteiger partial charge in [-0.25, -0.2) is 4.63 Å². The number of hydrogen-bond donors (Lipinski definition) is 1. The predicted molar refractivity (Wildman–Crippen MR) is 75.1 cm³/mol. The number of nitrogens with two attached hydrogens (primary N) is 1. The Kier molecular flexibility index (Phi) is 3.02. The Morgan fingerprint density at radius 3 is 2.89 bits per heavy atom. The summed E-state index contributed by atoms with van der Waals surface area (Å²) in [5.74, 6) is 0. The average Bonchev–Trinajstić information content (AvgIpc) is 2.89. The van der Waals surface area contributed by atoms with Crippen molar-refractivity contribution < 1.29 is 4.63 Å². The van der Waals surface area contributed by atoms with Gasteiger partial charge in [0.25, 0.3) is 0 Å². The largest absolute Gasteiger partial charge is 0.397 e. The van der Waals surface area contributed by atoms with Crippen molar-refractivity contribution in [3.05, 3.63) is 12.1 Å². The second-order valence-corrected chi connectivity index (χ2v) is 5.34. The van der Waals surface area contributed by atoms with E-state index in [-0.39, 0.29) is 0 Å². The third-order valence-electron chi connectivity index (χ3n) is 3.89. The van der Waals surface area contributed by atoms with E-state index in [0.29, 0.717) is 17.2 Å². The molecule has 6 nitrogen and oxygen atoms in total. The van der Waals surface area contributed by atoms with Crippen LogP contribution in [0, 0.1) is 0 Å². The van der Waals surface area contributed by atoms with Crippen molar-refractivity contribution in [2.24, 2.45) is 0 Å². The van der Waals surface area contributed by atoms with Gasteiger partial charge in [-0.1, -0.05) is 0 Å². The van der Waals surface area contributed by atoms with Crippen molar-refractivity contribution in [2.75, 3.05) is 37.8 Å². The zero-order valence-electron chi connectivity index (χ0n) is 11.3. The van der Waals surface area contributed by atoms with Crippen molar-refractivity contribution in [2.45, 2.75) is 18.9 Å². The Balaban J connectivity index is 1.95. The van der Waals surface area contributed by atoms with Gasteiger partial charge in [0, 0.05) is 19.1 Å². The van der Waals surface area contributed by atoms with Crippen LogP contribution < -0.4 is 10.6 Å². The molecule has 1 aromatic heterocycles. The monoisotopic (exact) mass is 261 g/mol. The number of aromatic nitrogens is 2. The van der Waals surface area contributed by atoms with E-state index >= 15 is 0 Å². The molecule has 1 unspecified atom stereocenters. The molecule has 102 valence electrons. The fourth-order valence-electron chi connectivity index (χ4n) is 2.72. The van der Waals surface area contributed by atoms with Crippen LogP contribution in [0.2, 0.25) is 0 Å². The van der Waals surface area contributed by atoms with Crippen LogP contribution >= 0.6 is 0 Å². The first-order valence-electron chi connectivity index (χ1n) is 6.59. The fraction of sp³-hybridized carbons (Fsp3) is 0.538. The molecule has 19 heavy (non-hydrogen) atoms. The number of piperidine rings is 1. The second-order valence-electron chi connectivity index (χ2n) is 5.34. The van der Waals surface area contributed by atoms with Gasteiger partial charge in [-0.2, -0.15) is 0 Å². The number of benzene rings is 1. The quantitative estimate of drug-likeness (QED) is 0.822. The van der Waals surface area contributed by atoms with Crippen LogP contribution in [0.1, 0.15) is 12.8 Å². The highest BCUT2D eigenvalue weighted by Crippen LogP contribution is 2.30. The van der Waals surface area contributed by atoms with Crippen LogP contribution in [0.4, 0.5) is 11.4 Å². The normalized spacial score (nSPS) is 20.4. The first-order valence-corrected chi connectivity index (χ1v) is 6.59. The molecule has 0 bridgehead atoms. The van der Waals surface area contributed by atoms with Gasteiger partial charge >= 0.3 is 0 Å². The molecule has 1 aliphatic rings. The van der Waals surface area contributed by atoms with Crippen molar-refractivity contribution >= 4 is 22.4 Å². The van der Waals surface area contributed by atoms with E-state index in [9.17, 15) is 0 Å². The highest BCUT2D eigenvalue weighted by atomic mass is 16.6. The summed E-state index contributed by atoms with van der Waals surface area (Å²) in [4.78, 5) is 4.63. The third kappa shape index (κ3) is 2.12. The maximum absolute atomic E-state index is 5.89. The van der Waals surface area contributed by atoms with Crippen LogP contribution in [0.15, 0.2) is 16.8 Å². The van der Waals surface area contributed by atoms with E-state index in [4.69, 9.17) is 10.4 Å². The van der Waals surface area contributed by atoms with E-state index < -0.39 is 0 Å². The Bertz CT molecular complexity index is 579. The van der Waals surface area contributed by atoms with Crippen LogP contribution in [-0.2, 0) is 0 Å². The molecule has 1 fully saturated rings. The molecular formula is C13H19N5O. The molecule has 2 heterocycles.